The average Bonchev–Trinajstić information content (AvgIpc) is 2.28. The van der Waals surface area contributed by atoms with Gasteiger partial charge in [-0.15, -0.1) is 0 Å². The van der Waals surface area contributed by atoms with E-state index in [0.717, 1.165) is 10.0 Å². The maximum atomic E-state index is 11.5. The second-order valence-electron chi connectivity index (χ2n) is 3.73. The van der Waals surface area contributed by atoms with Gasteiger partial charge >= 0.3 is 5.97 Å². The van der Waals surface area contributed by atoms with Crippen LogP contribution in [-0.2, 0) is 14.3 Å². The minimum Gasteiger partial charge on any atom is -0.480 e. The van der Waals surface area contributed by atoms with E-state index >= 15 is 0 Å². The number of nitrogens with one attached hydrogen (secondary N) is 1. The Morgan fingerprint density at radius 1 is 1.44 bits per heavy atom. The van der Waals surface area contributed by atoms with E-state index in [4.69, 9.17) is 9.84 Å². The highest BCUT2D eigenvalue weighted by Gasteiger charge is 2.10. The first-order chi connectivity index (χ1) is 8.49. The maximum Gasteiger partial charge on any atom is 0.329 e. The number of amides is 1. The Hall–Kier alpha value is -1.40. The highest BCUT2D eigenvalue weighted by Crippen LogP contribution is 2.17. The van der Waals surface area contributed by atoms with Gasteiger partial charge in [0.1, 0.15) is 13.2 Å². The molecule has 0 spiro atoms. The summed E-state index contributed by atoms with van der Waals surface area (Å²) in [5, 5.41) is 11.1. The van der Waals surface area contributed by atoms with Crippen LogP contribution < -0.4 is 5.32 Å². The van der Waals surface area contributed by atoms with Crippen molar-refractivity contribution in [2.45, 2.75) is 13.0 Å². The number of aliphatic carboxylic acids is 1. The van der Waals surface area contributed by atoms with Crippen LogP contribution in [0, 0.1) is 0 Å². The standard InChI is InChI=1S/C12H14BrNO4/c1-8(9-3-2-4-10(13)5-9)14-11(15)6-18-7-12(16)17/h2-5,8H,6-7H2,1H3,(H,14,15)(H,16,17)/t8-/m0/s1. The summed E-state index contributed by atoms with van der Waals surface area (Å²) in [5.74, 6) is -1.44. The van der Waals surface area contributed by atoms with Crippen molar-refractivity contribution in [3.8, 4) is 0 Å². The molecule has 0 aliphatic rings. The molecule has 98 valence electrons. The smallest absolute Gasteiger partial charge is 0.329 e. The zero-order valence-electron chi connectivity index (χ0n) is 9.85. The third kappa shape index (κ3) is 5.29. The number of ether oxygens (including phenoxy) is 1. The summed E-state index contributed by atoms with van der Waals surface area (Å²) >= 11 is 3.35. The van der Waals surface area contributed by atoms with Crippen molar-refractivity contribution in [3.63, 3.8) is 0 Å². The van der Waals surface area contributed by atoms with E-state index in [9.17, 15) is 9.59 Å². The SMILES string of the molecule is C[C@H](NC(=O)COCC(=O)O)c1cccc(Br)c1. The second-order valence-corrected chi connectivity index (χ2v) is 4.65. The average molecular weight is 316 g/mol. The molecule has 6 heteroatoms. The van der Waals surface area contributed by atoms with Gasteiger partial charge in [-0.25, -0.2) is 4.79 Å². The van der Waals surface area contributed by atoms with Crippen LogP contribution in [0.5, 0.6) is 0 Å². The molecule has 1 aromatic rings. The molecule has 0 saturated carbocycles. The van der Waals surface area contributed by atoms with Gasteiger partial charge in [0.05, 0.1) is 6.04 Å². The van der Waals surface area contributed by atoms with E-state index in [-0.39, 0.29) is 18.6 Å². The summed E-state index contributed by atoms with van der Waals surface area (Å²) in [4.78, 5) is 21.7. The first kappa shape index (κ1) is 14.7. The van der Waals surface area contributed by atoms with Crippen LogP contribution in [0.15, 0.2) is 28.7 Å². The second kappa shape index (κ2) is 7.13. The monoisotopic (exact) mass is 315 g/mol. The van der Waals surface area contributed by atoms with Crippen LogP contribution in [0.1, 0.15) is 18.5 Å². The lowest BCUT2D eigenvalue weighted by molar-refractivity contribution is -0.143. The van der Waals surface area contributed by atoms with Crippen LogP contribution in [0.25, 0.3) is 0 Å². The third-order valence-electron chi connectivity index (χ3n) is 2.18. The van der Waals surface area contributed by atoms with E-state index in [1.54, 1.807) is 0 Å². The number of carboxylic acids is 1. The lowest BCUT2D eigenvalue weighted by Gasteiger charge is -2.14. The third-order valence-corrected chi connectivity index (χ3v) is 2.68. The molecule has 0 aliphatic heterocycles. The first-order valence-corrected chi connectivity index (χ1v) is 6.12. The summed E-state index contributed by atoms with van der Waals surface area (Å²) in [6, 6.07) is 7.41. The molecule has 0 heterocycles. The van der Waals surface area contributed by atoms with Gasteiger partial charge in [0.15, 0.2) is 0 Å². The summed E-state index contributed by atoms with van der Waals surface area (Å²) in [6.45, 7) is 1.11. The molecule has 2 N–H and O–H groups in total. The summed E-state index contributed by atoms with van der Waals surface area (Å²) in [6.07, 6.45) is 0. The molecule has 1 atom stereocenters. The Balaban J connectivity index is 2.42. The van der Waals surface area contributed by atoms with Crippen molar-refractivity contribution in [2.24, 2.45) is 0 Å². The van der Waals surface area contributed by atoms with Crippen LogP contribution >= 0.6 is 15.9 Å². The minimum atomic E-state index is -1.09. The minimum absolute atomic E-state index is 0.163. The van der Waals surface area contributed by atoms with E-state index in [0.29, 0.717) is 0 Å². The highest BCUT2D eigenvalue weighted by molar-refractivity contribution is 9.10. The van der Waals surface area contributed by atoms with Crippen LogP contribution in [0.3, 0.4) is 0 Å². The fourth-order valence-corrected chi connectivity index (χ4v) is 1.79. The van der Waals surface area contributed by atoms with E-state index in [2.05, 4.69) is 21.2 Å². The van der Waals surface area contributed by atoms with Gasteiger partial charge in [0.2, 0.25) is 5.91 Å². The maximum absolute atomic E-state index is 11.5. The fourth-order valence-electron chi connectivity index (χ4n) is 1.37. The van der Waals surface area contributed by atoms with Crippen LogP contribution in [-0.4, -0.2) is 30.2 Å². The highest BCUT2D eigenvalue weighted by atomic mass is 79.9. The van der Waals surface area contributed by atoms with Gasteiger partial charge in [-0.1, -0.05) is 28.1 Å². The predicted molar refractivity (Wildman–Crippen MR) is 69.2 cm³/mol. The van der Waals surface area contributed by atoms with Gasteiger partial charge < -0.3 is 15.2 Å². The zero-order valence-corrected chi connectivity index (χ0v) is 11.4. The summed E-state index contributed by atoms with van der Waals surface area (Å²) in [5.41, 5.74) is 0.955. The van der Waals surface area contributed by atoms with Crippen LogP contribution in [0.4, 0.5) is 0 Å². The van der Waals surface area contributed by atoms with Crippen molar-refractivity contribution in [2.75, 3.05) is 13.2 Å². The number of hydrogen-bond acceptors (Lipinski definition) is 3. The topological polar surface area (TPSA) is 75.6 Å². The van der Waals surface area contributed by atoms with Gasteiger partial charge in [-0.05, 0) is 24.6 Å². The van der Waals surface area contributed by atoms with E-state index in [1.807, 2.05) is 31.2 Å². The molecule has 0 saturated heterocycles. The Bertz CT molecular complexity index is 436. The van der Waals surface area contributed by atoms with Gasteiger partial charge in [0.25, 0.3) is 0 Å². The van der Waals surface area contributed by atoms with Gasteiger partial charge in [-0.3, -0.25) is 4.79 Å². The van der Waals surface area contributed by atoms with Gasteiger partial charge in [-0.2, -0.15) is 0 Å². The molecule has 0 unspecified atom stereocenters. The molecule has 0 bridgehead atoms. The Kier molecular flexibility index (Phi) is 5.80. The van der Waals surface area contributed by atoms with Crippen molar-refractivity contribution >= 4 is 27.8 Å². The number of hydrogen-bond donors (Lipinski definition) is 2. The fraction of sp³-hybridized carbons (Fsp3) is 0.333. The number of carbonyl (C=O) groups is 2. The van der Waals surface area contributed by atoms with Crippen molar-refractivity contribution in [1.29, 1.82) is 0 Å². The molecule has 0 fully saturated rings. The molecular weight excluding hydrogens is 302 g/mol. The normalized spacial score (nSPS) is 11.9. The van der Waals surface area contributed by atoms with Crippen molar-refractivity contribution < 1.29 is 19.4 Å². The summed E-state index contributed by atoms with van der Waals surface area (Å²) < 4.78 is 5.63. The molecule has 0 aliphatic carbocycles. The molecule has 5 nitrogen and oxygen atoms in total. The lowest BCUT2D eigenvalue weighted by Crippen LogP contribution is -2.30. The van der Waals surface area contributed by atoms with Crippen molar-refractivity contribution in [1.82, 2.24) is 5.32 Å². The molecule has 1 amide bonds. The largest absolute Gasteiger partial charge is 0.480 e. The number of carboxylic acid groups (broad SMARTS) is 1. The predicted octanol–water partition coefficient (Wildman–Crippen LogP) is 1.73. The number of halogens is 1. The molecular formula is C12H14BrNO4. The molecule has 18 heavy (non-hydrogen) atoms. The van der Waals surface area contributed by atoms with E-state index < -0.39 is 12.6 Å². The molecule has 0 aromatic heterocycles. The summed E-state index contributed by atoms with van der Waals surface area (Å²) in [7, 11) is 0. The zero-order chi connectivity index (χ0) is 13.5. The number of rotatable bonds is 6. The van der Waals surface area contributed by atoms with Crippen molar-refractivity contribution in [3.05, 3.63) is 34.3 Å². The van der Waals surface area contributed by atoms with E-state index in [1.165, 1.54) is 0 Å². The molecule has 1 aromatic carbocycles. The lowest BCUT2D eigenvalue weighted by atomic mass is 10.1. The number of carbonyl (C=O) groups excluding carboxylic acids is 1. The molecule has 0 radical (unpaired) electrons. The van der Waals surface area contributed by atoms with Gasteiger partial charge in [0, 0.05) is 4.47 Å². The Morgan fingerprint density at radius 3 is 2.78 bits per heavy atom. The first-order valence-electron chi connectivity index (χ1n) is 5.33. The molecule has 1 rings (SSSR count). The Labute approximate surface area is 113 Å². The Morgan fingerprint density at radius 2 is 2.17 bits per heavy atom. The van der Waals surface area contributed by atoms with Crippen LogP contribution in [0.2, 0.25) is 0 Å². The quantitative estimate of drug-likeness (QED) is 0.838. The number of benzene rings is 1.